The minimum Gasteiger partial charge on any atom is -0.459 e. The summed E-state index contributed by atoms with van der Waals surface area (Å²) in [6.07, 6.45) is 1.04. The van der Waals surface area contributed by atoms with E-state index in [1.807, 2.05) is 0 Å². The normalized spacial score (nSPS) is 22.8. The van der Waals surface area contributed by atoms with Crippen molar-refractivity contribution in [3.05, 3.63) is 0 Å². The highest BCUT2D eigenvalue weighted by Crippen LogP contribution is 2.25. The topological polar surface area (TPSA) is 87.5 Å². The number of esters is 1. The predicted octanol–water partition coefficient (Wildman–Crippen LogP) is 1.03. The summed E-state index contributed by atoms with van der Waals surface area (Å²) in [5, 5.41) is 7.61. The van der Waals surface area contributed by atoms with Crippen LogP contribution in [0, 0.1) is 11.3 Å². The van der Waals surface area contributed by atoms with Crippen molar-refractivity contribution in [1.82, 2.24) is 4.31 Å². The van der Waals surface area contributed by atoms with Gasteiger partial charge in [-0.05, 0) is 40.5 Å². The van der Waals surface area contributed by atoms with E-state index in [1.165, 1.54) is 6.92 Å². The summed E-state index contributed by atoms with van der Waals surface area (Å²) in [5.41, 5.74) is -0.657. The Labute approximate surface area is 114 Å². The third-order valence-electron chi connectivity index (χ3n) is 2.84. The van der Waals surface area contributed by atoms with Crippen LogP contribution in [0.4, 0.5) is 0 Å². The lowest BCUT2D eigenvalue weighted by atomic mass is 10.2. The highest BCUT2D eigenvalue weighted by molar-refractivity contribution is 7.90. The summed E-state index contributed by atoms with van der Waals surface area (Å²) < 4.78 is 30.6. The van der Waals surface area contributed by atoms with Crippen LogP contribution < -0.4 is 0 Å². The number of sulfonamides is 1. The number of ether oxygens (including phenoxy) is 1. The van der Waals surface area contributed by atoms with Crippen LogP contribution in [0.15, 0.2) is 0 Å². The van der Waals surface area contributed by atoms with Crippen LogP contribution in [0.1, 0.15) is 40.5 Å². The maximum atomic E-state index is 12.1. The van der Waals surface area contributed by atoms with Gasteiger partial charge in [-0.15, -0.1) is 0 Å². The van der Waals surface area contributed by atoms with Gasteiger partial charge in [0.25, 0.3) is 0 Å². The highest BCUT2D eigenvalue weighted by atomic mass is 32.2. The van der Waals surface area contributed by atoms with Gasteiger partial charge in [-0.2, -0.15) is 9.57 Å². The van der Waals surface area contributed by atoms with E-state index in [4.69, 9.17) is 10.00 Å². The van der Waals surface area contributed by atoms with E-state index in [-0.39, 0.29) is 6.54 Å². The second kappa shape index (κ2) is 5.47. The van der Waals surface area contributed by atoms with E-state index in [2.05, 4.69) is 0 Å². The van der Waals surface area contributed by atoms with Crippen molar-refractivity contribution >= 4 is 16.0 Å². The first kappa shape index (κ1) is 15.9. The van der Waals surface area contributed by atoms with Crippen molar-refractivity contribution in [3.8, 4) is 6.07 Å². The SMILES string of the molecule is CC(C#N)S(=O)(=O)N1CCC[C@@H]1C(=O)OC(C)(C)C. The second-order valence-electron chi connectivity index (χ2n) is 5.62. The Kier molecular flexibility index (Phi) is 4.59. The maximum Gasteiger partial charge on any atom is 0.324 e. The number of carbonyl (C=O) groups is 1. The largest absolute Gasteiger partial charge is 0.459 e. The number of carbonyl (C=O) groups excluding carboxylic acids is 1. The molecule has 0 aliphatic carbocycles. The molecule has 1 saturated heterocycles. The van der Waals surface area contributed by atoms with E-state index in [0.717, 1.165) is 4.31 Å². The van der Waals surface area contributed by atoms with Gasteiger partial charge in [0.1, 0.15) is 11.6 Å². The van der Waals surface area contributed by atoms with Crippen molar-refractivity contribution < 1.29 is 17.9 Å². The number of nitriles is 1. The Bertz CT molecular complexity index is 487. The van der Waals surface area contributed by atoms with E-state index < -0.39 is 32.9 Å². The molecule has 1 rings (SSSR count). The average Bonchev–Trinajstić information content (AvgIpc) is 2.74. The number of hydrogen-bond donors (Lipinski definition) is 0. The third-order valence-corrected chi connectivity index (χ3v) is 4.93. The second-order valence-corrected chi connectivity index (χ2v) is 7.82. The fraction of sp³-hybridized carbons (Fsp3) is 0.833. The van der Waals surface area contributed by atoms with Crippen molar-refractivity contribution in [1.29, 1.82) is 5.26 Å². The molecule has 1 fully saturated rings. The molecule has 0 bridgehead atoms. The van der Waals surface area contributed by atoms with E-state index in [9.17, 15) is 13.2 Å². The molecule has 19 heavy (non-hydrogen) atoms. The standard InChI is InChI=1S/C12H20N2O4S/c1-9(8-13)19(16,17)14-7-5-6-10(14)11(15)18-12(2,3)4/h9-10H,5-7H2,1-4H3/t9?,10-/m1/s1. The molecule has 1 unspecified atom stereocenters. The Hall–Kier alpha value is -1.13. The van der Waals surface area contributed by atoms with Gasteiger partial charge in [0.2, 0.25) is 10.0 Å². The smallest absolute Gasteiger partial charge is 0.324 e. The Balaban J connectivity index is 2.92. The third kappa shape index (κ3) is 3.67. The van der Waals surface area contributed by atoms with Gasteiger partial charge in [-0.1, -0.05) is 0 Å². The summed E-state index contributed by atoms with van der Waals surface area (Å²) >= 11 is 0. The molecule has 2 atom stereocenters. The lowest BCUT2D eigenvalue weighted by Crippen LogP contribution is -2.46. The lowest BCUT2D eigenvalue weighted by Gasteiger charge is -2.27. The lowest BCUT2D eigenvalue weighted by molar-refractivity contribution is -0.158. The molecule has 0 saturated carbocycles. The molecule has 0 aromatic rings. The molecule has 0 spiro atoms. The summed E-state index contributed by atoms with van der Waals surface area (Å²) in [6, 6.07) is 0.903. The Morgan fingerprint density at radius 1 is 1.47 bits per heavy atom. The molecule has 0 aromatic carbocycles. The first-order valence-corrected chi connectivity index (χ1v) is 7.73. The molecular weight excluding hydrogens is 268 g/mol. The maximum absolute atomic E-state index is 12.1. The Morgan fingerprint density at radius 2 is 2.05 bits per heavy atom. The van der Waals surface area contributed by atoms with Crippen molar-refractivity contribution in [2.24, 2.45) is 0 Å². The van der Waals surface area contributed by atoms with Crippen molar-refractivity contribution in [2.75, 3.05) is 6.54 Å². The fourth-order valence-electron chi connectivity index (χ4n) is 1.92. The molecule has 108 valence electrons. The summed E-state index contributed by atoms with van der Waals surface area (Å²) in [7, 11) is -3.77. The first-order chi connectivity index (χ1) is 8.59. The minimum atomic E-state index is -3.77. The van der Waals surface area contributed by atoms with Crippen molar-refractivity contribution in [3.63, 3.8) is 0 Å². The fourth-order valence-corrected chi connectivity index (χ4v) is 3.39. The molecule has 1 aliphatic rings. The molecule has 1 aliphatic heterocycles. The first-order valence-electron chi connectivity index (χ1n) is 6.22. The van der Waals surface area contributed by atoms with E-state index in [1.54, 1.807) is 26.8 Å². The van der Waals surface area contributed by atoms with Crippen LogP contribution in [0.5, 0.6) is 0 Å². The van der Waals surface area contributed by atoms with E-state index in [0.29, 0.717) is 12.8 Å². The van der Waals surface area contributed by atoms with Gasteiger partial charge in [0.15, 0.2) is 5.25 Å². The van der Waals surface area contributed by atoms with Crippen LogP contribution in [0.3, 0.4) is 0 Å². The van der Waals surface area contributed by atoms with Gasteiger partial charge in [-0.3, -0.25) is 4.79 Å². The molecule has 1 heterocycles. The number of hydrogen-bond acceptors (Lipinski definition) is 5. The van der Waals surface area contributed by atoms with Crippen LogP contribution in [0.2, 0.25) is 0 Å². The zero-order chi connectivity index (χ0) is 14.8. The predicted molar refractivity (Wildman–Crippen MR) is 69.6 cm³/mol. The summed E-state index contributed by atoms with van der Waals surface area (Å²) in [4.78, 5) is 12.0. The number of rotatable bonds is 3. The molecule has 6 nitrogen and oxygen atoms in total. The summed E-state index contributed by atoms with van der Waals surface area (Å²) in [5.74, 6) is -0.543. The monoisotopic (exact) mass is 288 g/mol. The van der Waals surface area contributed by atoms with Gasteiger partial charge < -0.3 is 4.74 Å². The molecule has 0 aromatic heterocycles. The quantitative estimate of drug-likeness (QED) is 0.724. The molecule has 0 amide bonds. The van der Waals surface area contributed by atoms with Crippen LogP contribution >= 0.6 is 0 Å². The van der Waals surface area contributed by atoms with Crippen LogP contribution in [-0.2, 0) is 19.6 Å². The highest BCUT2D eigenvalue weighted by Gasteiger charge is 2.42. The van der Waals surface area contributed by atoms with Gasteiger partial charge in [0.05, 0.1) is 6.07 Å². The molecule has 0 radical (unpaired) electrons. The minimum absolute atomic E-state index is 0.262. The number of nitrogens with zero attached hydrogens (tertiary/aromatic N) is 2. The molecule has 0 N–H and O–H groups in total. The zero-order valence-corrected chi connectivity index (χ0v) is 12.5. The summed E-state index contributed by atoms with van der Waals surface area (Å²) in [6.45, 7) is 6.78. The van der Waals surface area contributed by atoms with Crippen molar-refractivity contribution in [2.45, 2.75) is 57.4 Å². The molecular formula is C12H20N2O4S. The van der Waals surface area contributed by atoms with Gasteiger partial charge in [0, 0.05) is 6.54 Å². The van der Waals surface area contributed by atoms with Gasteiger partial charge in [-0.25, -0.2) is 8.42 Å². The van der Waals surface area contributed by atoms with E-state index >= 15 is 0 Å². The van der Waals surface area contributed by atoms with Gasteiger partial charge >= 0.3 is 5.97 Å². The molecule has 7 heteroatoms. The average molecular weight is 288 g/mol. The van der Waals surface area contributed by atoms with Crippen LogP contribution in [-0.4, -0.2) is 42.1 Å². The zero-order valence-electron chi connectivity index (χ0n) is 11.7. The Morgan fingerprint density at radius 3 is 2.53 bits per heavy atom. The van der Waals surface area contributed by atoms with Crippen LogP contribution in [0.25, 0.3) is 0 Å².